The lowest BCUT2D eigenvalue weighted by Crippen LogP contribution is -2.11. The number of rotatable bonds is 2. The number of alkyl halides is 3. The number of fused-ring (bicyclic) bond motifs is 1. The normalized spacial score (nSPS) is 11.8. The zero-order chi connectivity index (χ0) is 13.3. The molecule has 0 bridgehead atoms. The number of methoxy groups -OCH3 is 1. The summed E-state index contributed by atoms with van der Waals surface area (Å²) in [6.45, 7) is 0. The molecule has 0 spiro atoms. The predicted molar refractivity (Wildman–Crippen MR) is 55.1 cm³/mol. The van der Waals surface area contributed by atoms with Gasteiger partial charge in [0.1, 0.15) is 11.9 Å². The molecule has 0 amide bonds. The summed E-state index contributed by atoms with van der Waals surface area (Å²) in [6.07, 6.45) is -5.62. The molecule has 0 saturated heterocycles. The van der Waals surface area contributed by atoms with Crippen LogP contribution in [0.15, 0.2) is 22.6 Å². The van der Waals surface area contributed by atoms with Crippen molar-refractivity contribution in [3.05, 3.63) is 29.7 Å². The minimum atomic E-state index is -4.38. The van der Waals surface area contributed by atoms with Crippen molar-refractivity contribution >= 4 is 17.1 Å². The van der Waals surface area contributed by atoms with Crippen molar-refractivity contribution in [3.63, 3.8) is 0 Å². The minimum Gasteiger partial charge on any atom is -0.465 e. The van der Waals surface area contributed by atoms with E-state index in [2.05, 4.69) is 9.72 Å². The number of hydrogen-bond donors (Lipinski definition) is 0. The largest absolute Gasteiger partial charge is 0.465 e. The van der Waals surface area contributed by atoms with Crippen LogP contribution in [-0.2, 0) is 11.2 Å². The monoisotopic (exact) mass is 259 g/mol. The number of esters is 1. The Labute approximate surface area is 99.4 Å². The Kier molecular flexibility index (Phi) is 2.98. The average Bonchev–Trinajstić information content (AvgIpc) is 2.66. The van der Waals surface area contributed by atoms with E-state index < -0.39 is 24.5 Å². The fraction of sp³-hybridized carbons (Fsp3) is 0.273. The number of carbonyl (C=O) groups is 1. The lowest BCUT2D eigenvalue weighted by atomic mass is 10.2. The Hall–Kier alpha value is -2.05. The van der Waals surface area contributed by atoms with Gasteiger partial charge in [-0.1, -0.05) is 0 Å². The van der Waals surface area contributed by atoms with Crippen LogP contribution in [0, 0.1) is 0 Å². The van der Waals surface area contributed by atoms with Gasteiger partial charge in [0, 0.05) is 0 Å². The molecule has 0 unspecified atom stereocenters. The molecule has 1 heterocycles. The third-order valence-corrected chi connectivity index (χ3v) is 2.21. The number of halogens is 3. The molecule has 0 aliphatic carbocycles. The molecule has 0 aliphatic heterocycles. The lowest BCUT2D eigenvalue weighted by molar-refractivity contribution is -0.130. The summed E-state index contributed by atoms with van der Waals surface area (Å²) in [7, 11) is 1.21. The highest BCUT2D eigenvalue weighted by Gasteiger charge is 2.30. The number of hydrogen-bond acceptors (Lipinski definition) is 4. The fourth-order valence-corrected chi connectivity index (χ4v) is 1.46. The zero-order valence-corrected chi connectivity index (χ0v) is 9.25. The second-order valence-electron chi connectivity index (χ2n) is 3.57. The summed E-state index contributed by atoms with van der Waals surface area (Å²) in [5, 5.41) is 0. The van der Waals surface area contributed by atoms with Crippen LogP contribution in [0.3, 0.4) is 0 Å². The zero-order valence-electron chi connectivity index (χ0n) is 9.25. The standard InChI is InChI=1S/C11H8F3NO3/c1-17-10(16)6-2-3-7-8(4-6)18-9(15-7)5-11(12,13)14/h2-4H,5H2,1H3. The summed E-state index contributed by atoms with van der Waals surface area (Å²) >= 11 is 0. The van der Waals surface area contributed by atoms with Crippen LogP contribution in [0.2, 0.25) is 0 Å². The van der Waals surface area contributed by atoms with Crippen molar-refractivity contribution in [1.82, 2.24) is 4.98 Å². The Bertz CT molecular complexity index is 589. The van der Waals surface area contributed by atoms with E-state index in [1.54, 1.807) is 0 Å². The van der Waals surface area contributed by atoms with Crippen LogP contribution < -0.4 is 0 Å². The third kappa shape index (κ3) is 2.61. The van der Waals surface area contributed by atoms with Gasteiger partial charge in [0.25, 0.3) is 0 Å². The van der Waals surface area contributed by atoms with Gasteiger partial charge in [-0.25, -0.2) is 9.78 Å². The van der Waals surface area contributed by atoms with Gasteiger partial charge >= 0.3 is 12.1 Å². The van der Waals surface area contributed by atoms with E-state index in [-0.39, 0.29) is 16.7 Å². The van der Waals surface area contributed by atoms with Crippen molar-refractivity contribution < 1.29 is 27.1 Å². The first-order chi connectivity index (χ1) is 8.39. The summed E-state index contributed by atoms with van der Waals surface area (Å²) in [5.74, 6) is -1.02. The SMILES string of the molecule is COC(=O)c1ccc2nc(CC(F)(F)F)oc2c1. The molecular weight excluding hydrogens is 251 g/mol. The maximum atomic E-state index is 12.2. The van der Waals surface area contributed by atoms with Gasteiger partial charge in [0.15, 0.2) is 5.58 Å². The minimum absolute atomic E-state index is 0.122. The highest BCUT2D eigenvalue weighted by Crippen LogP contribution is 2.24. The molecule has 0 fully saturated rings. The van der Waals surface area contributed by atoms with Crippen LogP contribution >= 0.6 is 0 Å². The molecule has 0 aliphatic rings. The molecule has 0 radical (unpaired) electrons. The highest BCUT2D eigenvalue weighted by molar-refractivity contribution is 5.93. The van der Waals surface area contributed by atoms with Crippen LogP contribution in [0.25, 0.3) is 11.1 Å². The van der Waals surface area contributed by atoms with Crippen molar-refractivity contribution in [2.45, 2.75) is 12.6 Å². The Morgan fingerprint density at radius 2 is 2.17 bits per heavy atom. The number of nitrogens with zero attached hydrogens (tertiary/aromatic N) is 1. The number of benzene rings is 1. The smallest absolute Gasteiger partial charge is 0.397 e. The van der Waals surface area contributed by atoms with E-state index in [0.717, 1.165) is 0 Å². The second-order valence-corrected chi connectivity index (χ2v) is 3.57. The van der Waals surface area contributed by atoms with Gasteiger partial charge in [-0.05, 0) is 18.2 Å². The van der Waals surface area contributed by atoms with Crippen molar-refractivity contribution in [2.24, 2.45) is 0 Å². The summed E-state index contributed by atoms with van der Waals surface area (Å²) in [6, 6.07) is 4.12. The summed E-state index contributed by atoms with van der Waals surface area (Å²) in [4.78, 5) is 14.9. The molecule has 1 aromatic heterocycles. The van der Waals surface area contributed by atoms with Gasteiger partial charge < -0.3 is 9.15 Å². The van der Waals surface area contributed by atoms with Gasteiger partial charge in [-0.3, -0.25) is 0 Å². The molecule has 1 aromatic carbocycles. The Morgan fingerprint density at radius 3 is 2.78 bits per heavy atom. The van der Waals surface area contributed by atoms with Crippen molar-refractivity contribution in [2.75, 3.05) is 7.11 Å². The van der Waals surface area contributed by atoms with Crippen LogP contribution in [0.1, 0.15) is 16.2 Å². The molecule has 7 heteroatoms. The van der Waals surface area contributed by atoms with Crippen molar-refractivity contribution in [3.8, 4) is 0 Å². The van der Waals surface area contributed by atoms with Crippen LogP contribution in [0.5, 0.6) is 0 Å². The molecule has 96 valence electrons. The summed E-state index contributed by atoms with van der Waals surface area (Å²) < 4.78 is 45.9. The van der Waals surface area contributed by atoms with E-state index in [1.165, 1.54) is 25.3 Å². The van der Waals surface area contributed by atoms with Gasteiger partial charge in [0.05, 0.1) is 12.7 Å². The number of aromatic nitrogens is 1. The van der Waals surface area contributed by atoms with E-state index in [1.807, 2.05) is 0 Å². The number of ether oxygens (including phenoxy) is 1. The van der Waals surface area contributed by atoms with Gasteiger partial charge in [-0.2, -0.15) is 13.2 Å². The molecule has 2 aromatic rings. The highest BCUT2D eigenvalue weighted by atomic mass is 19.4. The molecule has 4 nitrogen and oxygen atoms in total. The molecular formula is C11H8F3NO3. The van der Waals surface area contributed by atoms with Gasteiger partial charge in [-0.15, -0.1) is 0 Å². The first kappa shape index (κ1) is 12.4. The van der Waals surface area contributed by atoms with Gasteiger partial charge in [0.2, 0.25) is 5.89 Å². The number of carbonyl (C=O) groups excluding carboxylic acids is 1. The fourth-order valence-electron chi connectivity index (χ4n) is 1.46. The first-order valence-electron chi connectivity index (χ1n) is 4.93. The molecule has 0 saturated carbocycles. The predicted octanol–water partition coefficient (Wildman–Crippen LogP) is 2.72. The van der Waals surface area contributed by atoms with Crippen molar-refractivity contribution in [1.29, 1.82) is 0 Å². The molecule has 2 rings (SSSR count). The summed E-state index contributed by atoms with van der Waals surface area (Å²) in [5.41, 5.74) is 0.582. The third-order valence-electron chi connectivity index (χ3n) is 2.21. The van der Waals surface area contributed by atoms with Crippen LogP contribution in [-0.4, -0.2) is 24.2 Å². The average molecular weight is 259 g/mol. The number of oxazole rings is 1. The van der Waals surface area contributed by atoms with E-state index in [9.17, 15) is 18.0 Å². The maximum Gasteiger partial charge on any atom is 0.397 e. The van der Waals surface area contributed by atoms with E-state index in [0.29, 0.717) is 0 Å². The van der Waals surface area contributed by atoms with Crippen LogP contribution in [0.4, 0.5) is 13.2 Å². The second kappa shape index (κ2) is 4.32. The molecule has 18 heavy (non-hydrogen) atoms. The first-order valence-corrected chi connectivity index (χ1v) is 4.93. The maximum absolute atomic E-state index is 12.2. The quantitative estimate of drug-likeness (QED) is 0.778. The topological polar surface area (TPSA) is 52.3 Å². The lowest BCUT2D eigenvalue weighted by Gasteiger charge is -2.00. The van der Waals surface area contributed by atoms with E-state index >= 15 is 0 Å². The Balaban J connectivity index is 2.37. The molecule has 0 atom stereocenters. The Morgan fingerprint density at radius 1 is 1.44 bits per heavy atom. The molecule has 0 N–H and O–H groups in total. The van der Waals surface area contributed by atoms with E-state index in [4.69, 9.17) is 4.42 Å².